The molecule has 0 saturated carbocycles. The molecule has 24 heavy (non-hydrogen) atoms. The average Bonchev–Trinajstić information content (AvgIpc) is 3.10. The van der Waals surface area contributed by atoms with Crippen molar-refractivity contribution in [2.75, 3.05) is 14.2 Å². The summed E-state index contributed by atoms with van der Waals surface area (Å²) in [5, 5.41) is 1.60. The number of sulfonamides is 1. The minimum atomic E-state index is -3.78. The highest BCUT2D eigenvalue weighted by Gasteiger charge is 2.35. The number of nitrogens with zero attached hydrogens (tertiary/aromatic N) is 1. The third-order valence-corrected chi connectivity index (χ3v) is 7.37. The standard InChI is InChI=1S/C17H19NO4S2/c1-18(14-9-5-7-12-6-3-4-8-13(12)14)24(20,21)15-10-11-23-16(15)17(19)22-2/h3-4,6,8,10-11,14H,5,7,9H2,1-2H3/t14-/m1/s1. The summed E-state index contributed by atoms with van der Waals surface area (Å²) < 4.78 is 32.2. The molecular weight excluding hydrogens is 346 g/mol. The third kappa shape index (κ3) is 2.87. The summed E-state index contributed by atoms with van der Waals surface area (Å²) in [4.78, 5) is 12.0. The van der Waals surface area contributed by atoms with E-state index in [1.807, 2.05) is 24.3 Å². The molecule has 0 fully saturated rings. The predicted octanol–water partition coefficient (Wildman–Crippen LogP) is 3.23. The fraction of sp³-hybridized carbons (Fsp3) is 0.353. The lowest BCUT2D eigenvalue weighted by molar-refractivity contribution is 0.0602. The van der Waals surface area contributed by atoms with Crippen molar-refractivity contribution >= 4 is 27.3 Å². The summed E-state index contributed by atoms with van der Waals surface area (Å²) >= 11 is 1.08. The van der Waals surface area contributed by atoms with Crippen molar-refractivity contribution in [3.8, 4) is 0 Å². The minimum absolute atomic E-state index is 0.0184. The largest absolute Gasteiger partial charge is 0.465 e. The molecule has 1 aliphatic rings. The van der Waals surface area contributed by atoms with Gasteiger partial charge in [-0.3, -0.25) is 0 Å². The molecule has 0 unspecified atom stereocenters. The molecule has 0 N–H and O–H groups in total. The van der Waals surface area contributed by atoms with Gasteiger partial charge in [-0.15, -0.1) is 11.3 Å². The maximum Gasteiger partial charge on any atom is 0.349 e. The van der Waals surface area contributed by atoms with E-state index in [4.69, 9.17) is 4.74 Å². The molecule has 1 aromatic heterocycles. The predicted molar refractivity (Wildman–Crippen MR) is 92.7 cm³/mol. The van der Waals surface area contributed by atoms with Gasteiger partial charge in [0.05, 0.1) is 7.11 Å². The Bertz CT molecular complexity index is 857. The van der Waals surface area contributed by atoms with Crippen LogP contribution in [-0.4, -0.2) is 32.8 Å². The second-order valence-corrected chi connectivity index (χ2v) is 8.62. The number of carbonyl (C=O) groups excluding carboxylic acids is 1. The second kappa shape index (κ2) is 6.66. The lowest BCUT2D eigenvalue weighted by atomic mass is 9.88. The minimum Gasteiger partial charge on any atom is -0.465 e. The fourth-order valence-electron chi connectivity index (χ4n) is 3.17. The van der Waals surface area contributed by atoms with Crippen LogP contribution in [0.3, 0.4) is 0 Å². The van der Waals surface area contributed by atoms with Gasteiger partial charge in [0.1, 0.15) is 9.77 Å². The Morgan fingerprint density at radius 1 is 1.29 bits per heavy atom. The summed E-state index contributed by atoms with van der Waals surface area (Å²) in [6.45, 7) is 0. The molecule has 0 amide bonds. The highest BCUT2D eigenvalue weighted by Crippen LogP contribution is 2.37. The van der Waals surface area contributed by atoms with Crippen LogP contribution < -0.4 is 0 Å². The number of benzene rings is 1. The van der Waals surface area contributed by atoms with Gasteiger partial charge >= 0.3 is 5.97 Å². The molecule has 3 rings (SSSR count). The van der Waals surface area contributed by atoms with Crippen LogP contribution in [0, 0.1) is 0 Å². The molecule has 0 aliphatic heterocycles. The van der Waals surface area contributed by atoms with Crippen LogP contribution in [0.2, 0.25) is 0 Å². The van der Waals surface area contributed by atoms with Gasteiger partial charge in [0, 0.05) is 13.1 Å². The van der Waals surface area contributed by atoms with E-state index >= 15 is 0 Å². The lowest BCUT2D eigenvalue weighted by Gasteiger charge is -2.32. The van der Waals surface area contributed by atoms with Crippen LogP contribution >= 0.6 is 11.3 Å². The molecular formula is C17H19NO4S2. The van der Waals surface area contributed by atoms with Gasteiger partial charge in [-0.1, -0.05) is 24.3 Å². The van der Waals surface area contributed by atoms with Crippen molar-refractivity contribution < 1.29 is 17.9 Å². The Kier molecular flexibility index (Phi) is 4.76. The van der Waals surface area contributed by atoms with Gasteiger partial charge in [-0.25, -0.2) is 13.2 Å². The molecule has 0 spiro atoms. The Labute approximate surface area is 145 Å². The van der Waals surface area contributed by atoms with E-state index in [0.717, 1.165) is 36.2 Å². The number of ether oxygens (including phenoxy) is 1. The first kappa shape index (κ1) is 17.1. The molecule has 0 bridgehead atoms. The van der Waals surface area contributed by atoms with Crippen molar-refractivity contribution in [1.82, 2.24) is 4.31 Å². The zero-order chi connectivity index (χ0) is 17.3. The summed E-state index contributed by atoms with van der Waals surface area (Å²) in [6.07, 6.45) is 2.67. The number of hydrogen-bond acceptors (Lipinski definition) is 5. The monoisotopic (exact) mass is 365 g/mol. The molecule has 2 aromatic rings. The first-order valence-corrected chi connectivity index (χ1v) is 10.0. The number of carbonyl (C=O) groups is 1. The summed E-state index contributed by atoms with van der Waals surface area (Å²) in [5.74, 6) is -0.624. The lowest BCUT2D eigenvalue weighted by Crippen LogP contribution is -2.33. The summed E-state index contributed by atoms with van der Waals surface area (Å²) in [6, 6.07) is 9.20. The van der Waals surface area contributed by atoms with Gasteiger partial charge in [-0.05, 0) is 41.8 Å². The Morgan fingerprint density at radius 2 is 2.04 bits per heavy atom. The molecule has 1 aliphatic carbocycles. The molecule has 1 aromatic carbocycles. The van der Waals surface area contributed by atoms with Crippen LogP contribution in [0.4, 0.5) is 0 Å². The maximum absolute atomic E-state index is 13.1. The number of methoxy groups -OCH3 is 1. The van der Waals surface area contributed by atoms with Crippen molar-refractivity contribution in [3.05, 3.63) is 51.7 Å². The Morgan fingerprint density at radius 3 is 2.79 bits per heavy atom. The van der Waals surface area contributed by atoms with E-state index in [0.29, 0.717) is 0 Å². The van der Waals surface area contributed by atoms with E-state index in [1.165, 1.54) is 23.0 Å². The Hall–Kier alpha value is -1.70. The number of hydrogen-bond donors (Lipinski definition) is 0. The summed E-state index contributed by atoms with van der Waals surface area (Å²) in [5.41, 5.74) is 2.24. The molecule has 128 valence electrons. The van der Waals surface area contributed by atoms with Crippen molar-refractivity contribution in [1.29, 1.82) is 0 Å². The molecule has 1 atom stereocenters. The first-order chi connectivity index (χ1) is 11.5. The normalized spacial score (nSPS) is 17.5. The van der Waals surface area contributed by atoms with Gasteiger partial charge in [0.25, 0.3) is 0 Å². The van der Waals surface area contributed by atoms with E-state index in [-0.39, 0.29) is 15.8 Å². The molecule has 1 heterocycles. The first-order valence-electron chi connectivity index (χ1n) is 7.68. The SMILES string of the molecule is COC(=O)c1sccc1S(=O)(=O)N(C)[C@@H]1CCCc2ccccc21. The Balaban J connectivity index is 2.00. The second-order valence-electron chi connectivity index (χ2n) is 5.73. The number of fused-ring (bicyclic) bond motifs is 1. The highest BCUT2D eigenvalue weighted by molar-refractivity contribution is 7.89. The smallest absolute Gasteiger partial charge is 0.349 e. The van der Waals surface area contributed by atoms with Crippen molar-refractivity contribution in [2.24, 2.45) is 0 Å². The summed E-state index contributed by atoms with van der Waals surface area (Å²) in [7, 11) is -0.947. The quantitative estimate of drug-likeness (QED) is 0.781. The van der Waals surface area contributed by atoms with Crippen LogP contribution in [0.5, 0.6) is 0 Å². The van der Waals surface area contributed by atoms with E-state index in [9.17, 15) is 13.2 Å². The molecule has 5 nitrogen and oxygen atoms in total. The van der Waals surface area contributed by atoms with Crippen LogP contribution in [0.1, 0.15) is 39.7 Å². The molecule has 0 radical (unpaired) electrons. The van der Waals surface area contributed by atoms with Gasteiger partial charge < -0.3 is 4.74 Å². The van der Waals surface area contributed by atoms with E-state index in [1.54, 1.807) is 12.4 Å². The number of thiophene rings is 1. The zero-order valence-corrected chi connectivity index (χ0v) is 15.2. The van der Waals surface area contributed by atoms with Crippen LogP contribution in [0.15, 0.2) is 40.6 Å². The highest BCUT2D eigenvalue weighted by atomic mass is 32.2. The number of rotatable bonds is 4. The molecule has 0 saturated heterocycles. The van der Waals surface area contributed by atoms with Crippen molar-refractivity contribution in [3.63, 3.8) is 0 Å². The fourth-order valence-corrected chi connectivity index (χ4v) is 5.84. The van der Waals surface area contributed by atoms with Gasteiger partial charge in [0.2, 0.25) is 10.0 Å². The van der Waals surface area contributed by atoms with E-state index in [2.05, 4.69) is 0 Å². The maximum atomic E-state index is 13.1. The van der Waals surface area contributed by atoms with Crippen LogP contribution in [-0.2, 0) is 21.2 Å². The van der Waals surface area contributed by atoms with Crippen molar-refractivity contribution in [2.45, 2.75) is 30.2 Å². The van der Waals surface area contributed by atoms with E-state index < -0.39 is 16.0 Å². The number of esters is 1. The number of aryl methyl sites for hydroxylation is 1. The average molecular weight is 365 g/mol. The van der Waals surface area contributed by atoms with Crippen LogP contribution in [0.25, 0.3) is 0 Å². The van der Waals surface area contributed by atoms with Gasteiger partial charge in [-0.2, -0.15) is 4.31 Å². The molecule has 7 heteroatoms. The zero-order valence-electron chi connectivity index (χ0n) is 13.6. The topological polar surface area (TPSA) is 63.7 Å². The third-order valence-electron chi connectivity index (χ3n) is 4.43. The van der Waals surface area contributed by atoms with Gasteiger partial charge in [0.15, 0.2) is 0 Å².